The zero-order valence-electron chi connectivity index (χ0n) is 16.4. The third-order valence-electron chi connectivity index (χ3n) is 4.06. The number of allylic oxidation sites excluding steroid dienone is 6. The van der Waals surface area contributed by atoms with Gasteiger partial charge in [0.1, 0.15) is 11.6 Å². The van der Waals surface area contributed by atoms with E-state index in [-0.39, 0.29) is 5.69 Å². The van der Waals surface area contributed by atoms with Crippen molar-refractivity contribution < 1.29 is 4.39 Å². The highest BCUT2D eigenvalue weighted by Crippen LogP contribution is 2.29. The fraction of sp³-hybridized carbons (Fsp3) is 0.136. The number of nitrogens with two attached hydrogens (primary N) is 1. The van der Waals surface area contributed by atoms with E-state index in [1.165, 1.54) is 18.2 Å². The van der Waals surface area contributed by atoms with Gasteiger partial charge in [0.15, 0.2) is 0 Å². The van der Waals surface area contributed by atoms with Gasteiger partial charge in [0.25, 0.3) is 0 Å². The van der Waals surface area contributed by atoms with Gasteiger partial charge in [0.2, 0.25) is 5.95 Å². The summed E-state index contributed by atoms with van der Waals surface area (Å²) < 4.78 is 14.3. The van der Waals surface area contributed by atoms with Crippen LogP contribution in [0.4, 0.5) is 27.5 Å². The van der Waals surface area contributed by atoms with Crippen molar-refractivity contribution in [2.75, 3.05) is 22.9 Å². The number of hydrogen-bond donors (Lipinski definition) is 3. The second kappa shape index (κ2) is 8.97. The van der Waals surface area contributed by atoms with E-state index in [1.807, 2.05) is 32.1 Å². The second-order valence-electron chi connectivity index (χ2n) is 6.67. The number of aromatic nitrogens is 2. The molecular weight excluding hydrogens is 367 g/mol. The molecule has 0 unspecified atom stereocenters. The molecule has 0 saturated heterocycles. The molecule has 7 heteroatoms. The van der Waals surface area contributed by atoms with E-state index in [2.05, 4.69) is 32.2 Å². The number of nitrogens with one attached hydrogen (secondary N) is 2. The third-order valence-corrected chi connectivity index (χ3v) is 4.06. The summed E-state index contributed by atoms with van der Waals surface area (Å²) in [7, 11) is 0. The van der Waals surface area contributed by atoms with Crippen molar-refractivity contribution in [2.45, 2.75) is 13.8 Å². The predicted octanol–water partition coefficient (Wildman–Crippen LogP) is 4.86. The SMILES string of the molecule is C=C/C(=C\C=C(C)C)c1cnc(NC2=CCN=C2)nc1Nc1cc(N)ccc1F. The number of nitrogen functional groups attached to an aromatic ring is 1. The maximum absolute atomic E-state index is 14.3. The number of nitrogens with zero attached hydrogens (tertiary/aromatic N) is 3. The van der Waals surface area contributed by atoms with E-state index in [1.54, 1.807) is 18.5 Å². The van der Waals surface area contributed by atoms with Crippen molar-refractivity contribution in [3.8, 4) is 0 Å². The van der Waals surface area contributed by atoms with E-state index >= 15 is 0 Å². The summed E-state index contributed by atoms with van der Waals surface area (Å²) in [6, 6.07) is 4.34. The average Bonchev–Trinajstić information content (AvgIpc) is 3.19. The lowest BCUT2D eigenvalue weighted by Gasteiger charge is -2.14. The van der Waals surface area contributed by atoms with Crippen LogP contribution in [0.2, 0.25) is 0 Å². The Morgan fingerprint density at radius 3 is 2.76 bits per heavy atom. The molecule has 1 aromatic carbocycles. The van der Waals surface area contributed by atoms with Gasteiger partial charge in [-0.15, -0.1) is 0 Å². The first kappa shape index (κ1) is 20.0. The number of benzene rings is 1. The van der Waals surface area contributed by atoms with Crippen molar-refractivity contribution in [3.05, 3.63) is 77.9 Å². The van der Waals surface area contributed by atoms with E-state index in [4.69, 9.17) is 5.73 Å². The van der Waals surface area contributed by atoms with Gasteiger partial charge < -0.3 is 16.4 Å². The van der Waals surface area contributed by atoms with Crippen molar-refractivity contribution in [1.29, 1.82) is 0 Å². The molecule has 0 fully saturated rings. The number of anilines is 4. The van der Waals surface area contributed by atoms with Crippen LogP contribution >= 0.6 is 0 Å². The Kier molecular flexibility index (Phi) is 6.19. The highest BCUT2D eigenvalue weighted by Gasteiger charge is 2.13. The van der Waals surface area contributed by atoms with Crippen LogP contribution in [0, 0.1) is 5.82 Å². The number of aliphatic imine (C=N–C) groups is 1. The standard InChI is InChI=1S/C22H23FN6/c1-4-15(6-5-14(2)3)18-13-26-22(27-17-9-10-25-12-17)29-21(18)28-20-11-16(24)7-8-19(20)23/h4-9,11-13H,1,10,24H2,2-3H3,(H2,26,27,28,29)/b15-6+. The predicted molar refractivity (Wildman–Crippen MR) is 119 cm³/mol. The quantitative estimate of drug-likeness (QED) is 0.464. The molecule has 1 aliphatic heterocycles. The monoisotopic (exact) mass is 390 g/mol. The van der Waals surface area contributed by atoms with Gasteiger partial charge in [-0.25, -0.2) is 9.37 Å². The van der Waals surface area contributed by atoms with Gasteiger partial charge in [-0.05, 0) is 43.7 Å². The van der Waals surface area contributed by atoms with Crippen LogP contribution in [0.5, 0.6) is 0 Å². The largest absolute Gasteiger partial charge is 0.399 e. The van der Waals surface area contributed by atoms with Crippen LogP contribution in [-0.2, 0) is 0 Å². The third kappa shape index (κ3) is 5.16. The van der Waals surface area contributed by atoms with Crippen molar-refractivity contribution >= 4 is 34.9 Å². The molecule has 1 aliphatic rings. The van der Waals surface area contributed by atoms with Crippen molar-refractivity contribution in [1.82, 2.24) is 9.97 Å². The molecule has 29 heavy (non-hydrogen) atoms. The van der Waals surface area contributed by atoms with Crippen LogP contribution in [0.3, 0.4) is 0 Å². The summed E-state index contributed by atoms with van der Waals surface area (Å²) >= 11 is 0. The van der Waals surface area contributed by atoms with Crippen LogP contribution in [0.1, 0.15) is 19.4 Å². The molecule has 0 spiro atoms. The lowest BCUT2D eigenvalue weighted by Crippen LogP contribution is -2.08. The molecule has 0 amide bonds. The molecule has 6 nitrogen and oxygen atoms in total. The second-order valence-corrected chi connectivity index (χ2v) is 6.67. The minimum absolute atomic E-state index is 0.225. The summed E-state index contributed by atoms with van der Waals surface area (Å²) in [6.07, 6.45) is 10.9. The molecule has 0 bridgehead atoms. The molecule has 0 aliphatic carbocycles. The lowest BCUT2D eigenvalue weighted by atomic mass is 10.1. The van der Waals surface area contributed by atoms with Crippen molar-refractivity contribution in [3.63, 3.8) is 0 Å². The van der Waals surface area contributed by atoms with Crippen LogP contribution in [0.15, 0.2) is 71.5 Å². The highest BCUT2D eigenvalue weighted by molar-refractivity contribution is 5.86. The zero-order chi connectivity index (χ0) is 20.8. The summed E-state index contributed by atoms with van der Waals surface area (Å²) in [5.74, 6) is 0.360. The molecule has 148 valence electrons. The Morgan fingerprint density at radius 1 is 1.24 bits per heavy atom. The van der Waals surface area contributed by atoms with E-state index in [9.17, 15) is 4.39 Å². The van der Waals surface area contributed by atoms with E-state index < -0.39 is 5.82 Å². The number of rotatable bonds is 7. The van der Waals surface area contributed by atoms with E-state index in [0.717, 1.165) is 16.8 Å². The van der Waals surface area contributed by atoms with Crippen LogP contribution < -0.4 is 16.4 Å². The lowest BCUT2D eigenvalue weighted by molar-refractivity contribution is 0.632. The summed E-state index contributed by atoms with van der Waals surface area (Å²) in [5, 5.41) is 6.14. The van der Waals surface area contributed by atoms with Gasteiger partial charge in [-0.1, -0.05) is 30.4 Å². The average molecular weight is 390 g/mol. The summed E-state index contributed by atoms with van der Waals surface area (Å²) in [5.41, 5.74) is 9.90. The molecule has 4 N–H and O–H groups in total. The highest BCUT2D eigenvalue weighted by atomic mass is 19.1. The van der Waals surface area contributed by atoms with Crippen LogP contribution in [0.25, 0.3) is 5.57 Å². The molecule has 0 saturated carbocycles. The Bertz CT molecular complexity index is 1050. The smallest absolute Gasteiger partial charge is 0.229 e. The van der Waals surface area contributed by atoms with E-state index in [0.29, 0.717) is 29.6 Å². The maximum atomic E-state index is 14.3. The molecule has 0 atom stereocenters. The Balaban J connectivity index is 2.05. The minimum Gasteiger partial charge on any atom is -0.399 e. The zero-order valence-corrected chi connectivity index (χ0v) is 16.4. The molecule has 2 heterocycles. The van der Waals surface area contributed by atoms with Gasteiger partial charge in [-0.3, -0.25) is 4.99 Å². The molecule has 2 aromatic rings. The molecular formula is C22H23FN6. The Hall–Kier alpha value is -3.74. The Labute approximate surface area is 169 Å². The first-order valence-electron chi connectivity index (χ1n) is 9.10. The summed E-state index contributed by atoms with van der Waals surface area (Å²) in [6.45, 7) is 8.50. The topological polar surface area (TPSA) is 88.2 Å². The van der Waals surface area contributed by atoms with Gasteiger partial charge in [-0.2, -0.15) is 4.98 Å². The summed E-state index contributed by atoms with van der Waals surface area (Å²) in [4.78, 5) is 13.1. The number of halogens is 1. The Morgan fingerprint density at radius 2 is 2.07 bits per heavy atom. The van der Waals surface area contributed by atoms with Gasteiger partial charge in [0, 0.05) is 23.7 Å². The van der Waals surface area contributed by atoms with Crippen LogP contribution in [-0.4, -0.2) is 22.7 Å². The minimum atomic E-state index is -0.433. The first-order valence-corrected chi connectivity index (χ1v) is 9.10. The normalized spacial score (nSPS) is 13.1. The molecule has 1 aromatic heterocycles. The molecule has 0 radical (unpaired) electrons. The van der Waals surface area contributed by atoms with Gasteiger partial charge in [0.05, 0.1) is 17.9 Å². The fourth-order valence-corrected chi connectivity index (χ4v) is 2.61. The molecule has 3 rings (SSSR count). The first-order chi connectivity index (χ1) is 14.0. The fourth-order valence-electron chi connectivity index (χ4n) is 2.61. The van der Waals surface area contributed by atoms with Gasteiger partial charge >= 0.3 is 0 Å². The number of hydrogen-bond acceptors (Lipinski definition) is 6. The maximum Gasteiger partial charge on any atom is 0.229 e. The van der Waals surface area contributed by atoms with Crippen molar-refractivity contribution in [2.24, 2.45) is 4.99 Å².